The van der Waals surface area contributed by atoms with E-state index in [1.165, 1.54) is 5.57 Å². The number of esters is 1. The molecular weight excluding hydrogens is 250 g/mol. The standard InChI is InChI=1S/C17H32NO2/c1-7-18(6,8-2)11-17(19)20-12-16-14(4)9-13(3)10-15(16)5/h9,14-16H,7-8,10-12H2,1-6H3/q+1/t14-,15-,16-/m1/s1. The van der Waals surface area contributed by atoms with Crippen LogP contribution < -0.4 is 0 Å². The van der Waals surface area contributed by atoms with Gasteiger partial charge in [0.15, 0.2) is 6.54 Å². The molecule has 0 aromatic carbocycles. The van der Waals surface area contributed by atoms with Crippen molar-refractivity contribution in [2.45, 2.75) is 41.0 Å². The maximum absolute atomic E-state index is 12.0. The highest BCUT2D eigenvalue weighted by molar-refractivity contribution is 5.70. The monoisotopic (exact) mass is 282 g/mol. The highest BCUT2D eigenvalue weighted by atomic mass is 16.5. The van der Waals surface area contributed by atoms with E-state index in [1.54, 1.807) is 0 Å². The number of nitrogens with zero attached hydrogens (tertiary/aromatic N) is 1. The third-order valence-electron chi connectivity index (χ3n) is 5.07. The van der Waals surface area contributed by atoms with Crippen LogP contribution in [0.15, 0.2) is 11.6 Å². The molecule has 3 atom stereocenters. The van der Waals surface area contributed by atoms with Crippen molar-refractivity contribution in [2.75, 3.05) is 33.3 Å². The Kier molecular flexibility index (Phi) is 6.25. The largest absolute Gasteiger partial charge is 0.461 e. The highest BCUT2D eigenvalue weighted by Crippen LogP contribution is 2.33. The van der Waals surface area contributed by atoms with Crippen molar-refractivity contribution in [1.82, 2.24) is 0 Å². The number of hydrogen-bond acceptors (Lipinski definition) is 2. The Morgan fingerprint density at radius 2 is 1.95 bits per heavy atom. The molecule has 0 bridgehead atoms. The first-order valence-corrected chi connectivity index (χ1v) is 7.97. The molecular formula is C17H32NO2+. The summed E-state index contributed by atoms with van der Waals surface area (Å²) in [6.45, 7) is 13.9. The van der Waals surface area contributed by atoms with Gasteiger partial charge in [-0.25, -0.2) is 4.79 Å². The molecule has 0 saturated heterocycles. The Morgan fingerprint density at radius 3 is 2.45 bits per heavy atom. The number of carbonyl (C=O) groups excluding carboxylic acids is 1. The minimum absolute atomic E-state index is 0.0538. The van der Waals surface area contributed by atoms with Crippen LogP contribution in [0.2, 0.25) is 0 Å². The Balaban J connectivity index is 2.49. The van der Waals surface area contributed by atoms with E-state index in [2.05, 4.69) is 47.7 Å². The molecule has 3 heteroatoms. The summed E-state index contributed by atoms with van der Waals surface area (Å²) in [7, 11) is 2.11. The first kappa shape index (κ1) is 17.2. The summed E-state index contributed by atoms with van der Waals surface area (Å²) in [5.74, 6) is 1.51. The molecule has 20 heavy (non-hydrogen) atoms. The summed E-state index contributed by atoms with van der Waals surface area (Å²) in [6, 6.07) is 0. The van der Waals surface area contributed by atoms with Crippen molar-refractivity contribution in [2.24, 2.45) is 17.8 Å². The van der Waals surface area contributed by atoms with Gasteiger partial charge in [0.2, 0.25) is 0 Å². The lowest BCUT2D eigenvalue weighted by Crippen LogP contribution is -2.48. The zero-order valence-corrected chi connectivity index (χ0v) is 14.1. The second-order valence-electron chi connectivity index (χ2n) is 6.81. The van der Waals surface area contributed by atoms with Crippen LogP contribution in [0.3, 0.4) is 0 Å². The topological polar surface area (TPSA) is 26.3 Å². The Hall–Kier alpha value is -0.830. The second-order valence-corrected chi connectivity index (χ2v) is 6.81. The molecule has 0 spiro atoms. The van der Waals surface area contributed by atoms with Gasteiger partial charge in [0.05, 0.1) is 26.7 Å². The molecule has 0 aromatic rings. The zero-order chi connectivity index (χ0) is 15.3. The van der Waals surface area contributed by atoms with E-state index in [1.807, 2.05) is 0 Å². The maximum atomic E-state index is 12.0. The van der Waals surface area contributed by atoms with Gasteiger partial charge in [-0.1, -0.05) is 25.5 Å². The number of ether oxygens (including phenoxy) is 1. The van der Waals surface area contributed by atoms with Gasteiger partial charge in [-0.15, -0.1) is 0 Å². The van der Waals surface area contributed by atoms with Crippen molar-refractivity contribution in [3.8, 4) is 0 Å². The van der Waals surface area contributed by atoms with Gasteiger partial charge < -0.3 is 9.22 Å². The van der Waals surface area contributed by atoms with Crippen LogP contribution >= 0.6 is 0 Å². The summed E-state index contributed by atoms with van der Waals surface area (Å²) in [4.78, 5) is 12.0. The number of hydrogen-bond donors (Lipinski definition) is 0. The minimum atomic E-state index is -0.0538. The number of likely N-dealkylation sites (N-methyl/N-ethyl adjacent to an activating group) is 1. The van der Waals surface area contributed by atoms with Crippen LogP contribution in [0, 0.1) is 17.8 Å². The highest BCUT2D eigenvalue weighted by Gasteiger charge is 2.29. The minimum Gasteiger partial charge on any atom is -0.461 e. The van der Waals surface area contributed by atoms with Gasteiger partial charge in [-0.05, 0) is 39.0 Å². The molecule has 0 aliphatic heterocycles. The van der Waals surface area contributed by atoms with Crippen molar-refractivity contribution >= 4 is 5.97 Å². The van der Waals surface area contributed by atoms with E-state index in [4.69, 9.17) is 4.74 Å². The van der Waals surface area contributed by atoms with Crippen molar-refractivity contribution in [3.63, 3.8) is 0 Å². The lowest BCUT2D eigenvalue weighted by molar-refractivity contribution is -0.899. The Bertz CT molecular complexity index is 358. The zero-order valence-electron chi connectivity index (χ0n) is 14.1. The molecule has 0 N–H and O–H groups in total. The predicted octanol–water partition coefficient (Wildman–Crippen LogP) is 3.25. The van der Waals surface area contributed by atoms with Crippen LogP contribution in [0.4, 0.5) is 0 Å². The van der Waals surface area contributed by atoms with Gasteiger partial charge in [0, 0.05) is 5.92 Å². The summed E-state index contributed by atoms with van der Waals surface area (Å²) in [5, 5.41) is 0. The third-order valence-corrected chi connectivity index (χ3v) is 5.07. The van der Waals surface area contributed by atoms with Crippen LogP contribution in [-0.4, -0.2) is 43.7 Å². The first-order chi connectivity index (χ1) is 9.31. The van der Waals surface area contributed by atoms with Gasteiger partial charge in [-0.3, -0.25) is 0 Å². The molecule has 0 aromatic heterocycles. The fraction of sp³-hybridized carbons (Fsp3) is 0.824. The molecule has 3 nitrogen and oxygen atoms in total. The van der Waals surface area contributed by atoms with E-state index in [0.717, 1.165) is 24.0 Å². The number of allylic oxidation sites excluding steroid dienone is 2. The van der Waals surface area contributed by atoms with Crippen LogP contribution in [-0.2, 0) is 9.53 Å². The molecule has 0 radical (unpaired) electrons. The average Bonchev–Trinajstić information content (AvgIpc) is 2.37. The van der Waals surface area contributed by atoms with Crippen molar-refractivity contribution in [3.05, 3.63) is 11.6 Å². The third kappa shape index (κ3) is 4.62. The van der Waals surface area contributed by atoms with Crippen molar-refractivity contribution in [1.29, 1.82) is 0 Å². The van der Waals surface area contributed by atoms with E-state index in [-0.39, 0.29) is 5.97 Å². The molecule has 0 amide bonds. The van der Waals surface area contributed by atoms with Crippen LogP contribution in [0.25, 0.3) is 0 Å². The summed E-state index contributed by atoms with van der Waals surface area (Å²) >= 11 is 0. The normalized spacial score (nSPS) is 27.1. The average molecular weight is 282 g/mol. The van der Waals surface area contributed by atoms with E-state index in [0.29, 0.717) is 30.9 Å². The molecule has 0 unspecified atom stereocenters. The number of rotatable bonds is 6. The number of quaternary nitrogens is 1. The van der Waals surface area contributed by atoms with Crippen LogP contribution in [0.5, 0.6) is 0 Å². The summed E-state index contributed by atoms with van der Waals surface area (Å²) in [6.07, 6.45) is 3.46. The smallest absolute Gasteiger partial charge is 0.361 e. The fourth-order valence-corrected chi connectivity index (χ4v) is 3.13. The maximum Gasteiger partial charge on any atom is 0.361 e. The Labute approximate surface area is 124 Å². The summed E-state index contributed by atoms with van der Waals surface area (Å²) in [5.41, 5.74) is 1.47. The first-order valence-electron chi connectivity index (χ1n) is 7.97. The van der Waals surface area contributed by atoms with E-state index < -0.39 is 0 Å². The van der Waals surface area contributed by atoms with E-state index in [9.17, 15) is 4.79 Å². The molecule has 1 aliphatic carbocycles. The van der Waals surface area contributed by atoms with Gasteiger partial charge in [-0.2, -0.15) is 0 Å². The molecule has 0 heterocycles. The summed E-state index contributed by atoms with van der Waals surface area (Å²) < 4.78 is 6.33. The predicted molar refractivity (Wildman–Crippen MR) is 83.3 cm³/mol. The van der Waals surface area contributed by atoms with Gasteiger partial charge >= 0.3 is 5.97 Å². The van der Waals surface area contributed by atoms with Crippen molar-refractivity contribution < 1.29 is 14.0 Å². The lowest BCUT2D eigenvalue weighted by Gasteiger charge is -2.34. The molecule has 0 saturated carbocycles. The molecule has 116 valence electrons. The van der Waals surface area contributed by atoms with Gasteiger partial charge in [0.25, 0.3) is 0 Å². The quantitative estimate of drug-likeness (QED) is 0.425. The SMILES string of the molecule is CC[N+](C)(CC)CC(=O)OC[C@@H]1[C@H](C)C=C(C)C[C@H]1C. The second kappa shape index (κ2) is 7.26. The number of carbonyl (C=O) groups is 1. The Morgan fingerprint density at radius 1 is 1.35 bits per heavy atom. The molecule has 0 fully saturated rings. The van der Waals surface area contributed by atoms with E-state index >= 15 is 0 Å². The van der Waals surface area contributed by atoms with Gasteiger partial charge in [0.1, 0.15) is 0 Å². The molecule has 1 rings (SSSR count). The lowest BCUT2D eigenvalue weighted by atomic mass is 9.75. The van der Waals surface area contributed by atoms with Crippen LogP contribution in [0.1, 0.15) is 41.0 Å². The molecule has 1 aliphatic rings. The fourth-order valence-electron chi connectivity index (χ4n) is 3.13.